The maximum atomic E-state index is 12.1. The zero-order chi connectivity index (χ0) is 14.4. The minimum atomic E-state index is -0.0461. The Kier molecular flexibility index (Phi) is 4.81. The van der Waals surface area contributed by atoms with Gasteiger partial charge in [-0.2, -0.15) is 5.10 Å². The monoisotopic (exact) mass is 273 g/mol. The number of aromatic nitrogens is 4. The van der Waals surface area contributed by atoms with Crippen molar-refractivity contribution in [2.45, 2.75) is 32.4 Å². The highest BCUT2D eigenvalue weighted by Gasteiger charge is 2.17. The van der Waals surface area contributed by atoms with Crippen molar-refractivity contribution in [2.24, 2.45) is 0 Å². The molecular weight excluding hydrogens is 254 g/mol. The number of amides is 1. The molecule has 0 bridgehead atoms. The van der Waals surface area contributed by atoms with Crippen molar-refractivity contribution in [2.75, 3.05) is 7.05 Å². The van der Waals surface area contributed by atoms with Gasteiger partial charge in [0, 0.05) is 38.6 Å². The normalized spacial score (nSPS) is 12.1. The Morgan fingerprint density at radius 1 is 1.45 bits per heavy atom. The van der Waals surface area contributed by atoms with Crippen LogP contribution in [0.2, 0.25) is 0 Å². The molecule has 20 heavy (non-hydrogen) atoms. The van der Waals surface area contributed by atoms with E-state index >= 15 is 0 Å². The van der Waals surface area contributed by atoms with Crippen molar-refractivity contribution >= 4 is 5.91 Å². The van der Waals surface area contributed by atoms with Crippen LogP contribution in [-0.4, -0.2) is 37.6 Å². The van der Waals surface area contributed by atoms with Gasteiger partial charge in [-0.25, -0.2) is 9.97 Å². The van der Waals surface area contributed by atoms with E-state index in [0.717, 1.165) is 18.7 Å². The highest BCUT2D eigenvalue weighted by atomic mass is 16.2. The van der Waals surface area contributed by atoms with Gasteiger partial charge in [-0.1, -0.05) is 0 Å². The lowest BCUT2D eigenvalue weighted by Gasteiger charge is -2.24. The molecule has 106 valence electrons. The quantitative estimate of drug-likeness (QED) is 0.803. The first kappa shape index (κ1) is 14.2. The van der Waals surface area contributed by atoms with Crippen molar-refractivity contribution in [3.63, 3.8) is 0 Å². The van der Waals surface area contributed by atoms with Gasteiger partial charge in [0.15, 0.2) is 0 Å². The summed E-state index contributed by atoms with van der Waals surface area (Å²) >= 11 is 0. The van der Waals surface area contributed by atoms with Crippen LogP contribution in [0.25, 0.3) is 0 Å². The van der Waals surface area contributed by atoms with E-state index in [1.54, 1.807) is 17.3 Å². The van der Waals surface area contributed by atoms with Crippen molar-refractivity contribution in [1.29, 1.82) is 0 Å². The fourth-order valence-electron chi connectivity index (χ4n) is 1.96. The van der Waals surface area contributed by atoms with Gasteiger partial charge >= 0.3 is 0 Å². The number of carbonyl (C=O) groups excluding carboxylic acids is 1. The highest BCUT2D eigenvalue weighted by molar-refractivity contribution is 5.76. The van der Waals surface area contributed by atoms with Crippen molar-refractivity contribution in [3.05, 3.63) is 42.7 Å². The number of hydrogen-bond acceptors (Lipinski definition) is 4. The number of nitrogens with zero attached hydrogens (tertiary/aromatic N) is 5. The Morgan fingerprint density at radius 2 is 2.30 bits per heavy atom. The van der Waals surface area contributed by atoms with Crippen LogP contribution < -0.4 is 0 Å². The maximum Gasteiger partial charge on any atom is 0.222 e. The predicted octanol–water partition coefficient (Wildman–Crippen LogP) is 1.67. The maximum absolute atomic E-state index is 12.1. The molecule has 0 saturated heterocycles. The Morgan fingerprint density at radius 3 is 2.95 bits per heavy atom. The molecule has 6 heteroatoms. The van der Waals surface area contributed by atoms with Gasteiger partial charge < -0.3 is 4.90 Å². The number of rotatable bonds is 6. The molecule has 6 nitrogen and oxygen atoms in total. The van der Waals surface area contributed by atoms with E-state index in [9.17, 15) is 4.79 Å². The molecular formula is C14H19N5O. The van der Waals surface area contributed by atoms with Gasteiger partial charge in [0.2, 0.25) is 5.91 Å². The number of aryl methyl sites for hydroxylation is 1. The van der Waals surface area contributed by atoms with Crippen LogP contribution in [0.15, 0.2) is 37.1 Å². The first-order valence-electron chi connectivity index (χ1n) is 6.67. The Balaban J connectivity index is 1.82. The predicted molar refractivity (Wildman–Crippen MR) is 74.7 cm³/mol. The Bertz CT molecular complexity index is 526. The summed E-state index contributed by atoms with van der Waals surface area (Å²) in [6.07, 6.45) is 8.12. The van der Waals surface area contributed by atoms with Crippen LogP contribution >= 0.6 is 0 Å². The second-order valence-corrected chi connectivity index (χ2v) is 4.69. The molecule has 0 unspecified atom stereocenters. The zero-order valence-electron chi connectivity index (χ0n) is 11.8. The summed E-state index contributed by atoms with van der Waals surface area (Å²) in [5.41, 5.74) is 0.850. The summed E-state index contributed by atoms with van der Waals surface area (Å²) in [6.45, 7) is 2.72. The summed E-state index contributed by atoms with van der Waals surface area (Å²) in [5, 5.41) is 4.12. The molecule has 1 atom stereocenters. The van der Waals surface area contributed by atoms with E-state index in [4.69, 9.17) is 0 Å². The van der Waals surface area contributed by atoms with Gasteiger partial charge in [-0.15, -0.1) is 0 Å². The van der Waals surface area contributed by atoms with Crippen molar-refractivity contribution in [3.8, 4) is 0 Å². The van der Waals surface area contributed by atoms with Gasteiger partial charge in [0.1, 0.15) is 6.33 Å². The zero-order valence-corrected chi connectivity index (χ0v) is 11.8. The molecule has 2 rings (SSSR count). The van der Waals surface area contributed by atoms with Crippen LogP contribution in [0.5, 0.6) is 0 Å². The van der Waals surface area contributed by atoms with Gasteiger partial charge in [0.25, 0.3) is 0 Å². The minimum Gasteiger partial charge on any atom is -0.337 e. The molecule has 2 aromatic heterocycles. The molecule has 2 heterocycles. The summed E-state index contributed by atoms with van der Waals surface area (Å²) < 4.78 is 1.83. The summed E-state index contributed by atoms with van der Waals surface area (Å²) in [6, 6.07) is 3.67. The number of hydrogen-bond donors (Lipinski definition) is 0. The van der Waals surface area contributed by atoms with E-state index in [0.29, 0.717) is 6.42 Å². The lowest BCUT2D eigenvalue weighted by atomic mass is 10.2. The lowest BCUT2D eigenvalue weighted by Crippen LogP contribution is -2.30. The van der Waals surface area contributed by atoms with Gasteiger partial charge in [0.05, 0.1) is 11.7 Å². The SMILES string of the molecule is C[C@@H](c1ccncn1)N(C)C(=O)CCCn1cccn1. The van der Waals surface area contributed by atoms with Gasteiger partial charge in [-0.05, 0) is 25.5 Å². The third kappa shape index (κ3) is 3.63. The van der Waals surface area contributed by atoms with Crippen LogP contribution in [0, 0.1) is 0 Å². The molecule has 2 aromatic rings. The third-order valence-electron chi connectivity index (χ3n) is 3.34. The molecule has 0 N–H and O–H groups in total. The average Bonchev–Trinajstić information content (AvgIpc) is 2.99. The van der Waals surface area contributed by atoms with E-state index in [1.165, 1.54) is 6.33 Å². The summed E-state index contributed by atoms with van der Waals surface area (Å²) in [7, 11) is 1.81. The third-order valence-corrected chi connectivity index (χ3v) is 3.34. The molecule has 0 saturated carbocycles. The molecule has 0 aromatic carbocycles. The first-order valence-corrected chi connectivity index (χ1v) is 6.67. The van der Waals surface area contributed by atoms with E-state index < -0.39 is 0 Å². The van der Waals surface area contributed by atoms with Crippen LogP contribution in [0.1, 0.15) is 31.5 Å². The van der Waals surface area contributed by atoms with Crippen LogP contribution in [0.4, 0.5) is 0 Å². The lowest BCUT2D eigenvalue weighted by molar-refractivity contribution is -0.132. The number of carbonyl (C=O) groups is 1. The average molecular weight is 273 g/mol. The topological polar surface area (TPSA) is 63.9 Å². The van der Waals surface area contributed by atoms with E-state index in [-0.39, 0.29) is 11.9 Å². The van der Waals surface area contributed by atoms with Crippen LogP contribution in [0.3, 0.4) is 0 Å². The molecule has 0 spiro atoms. The highest BCUT2D eigenvalue weighted by Crippen LogP contribution is 2.16. The Hall–Kier alpha value is -2.24. The second-order valence-electron chi connectivity index (χ2n) is 4.69. The van der Waals surface area contributed by atoms with Gasteiger partial charge in [-0.3, -0.25) is 9.48 Å². The summed E-state index contributed by atoms with van der Waals surface area (Å²) in [4.78, 5) is 21.9. The standard InChI is InChI=1S/C14H19N5O/c1-12(13-6-8-15-11-16-13)18(2)14(20)5-3-9-19-10-4-7-17-19/h4,6-8,10-12H,3,5,9H2,1-2H3/t12-/m0/s1. The fourth-order valence-corrected chi connectivity index (χ4v) is 1.96. The fraction of sp³-hybridized carbons (Fsp3) is 0.429. The Labute approximate surface area is 118 Å². The van der Waals surface area contributed by atoms with E-state index in [2.05, 4.69) is 15.1 Å². The van der Waals surface area contributed by atoms with Crippen molar-refractivity contribution < 1.29 is 4.79 Å². The smallest absolute Gasteiger partial charge is 0.222 e. The molecule has 0 radical (unpaired) electrons. The molecule has 0 aliphatic heterocycles. The summed E-state index contributed by atoms with van der Waals surface area (Å²) in [5.74, 6) is 0.114. The largest absolute Gasteiger partial charge is 0.337 e. The molecule has 1 amide bonds. The minimum absolute atomic E-state index is 0.0461. The van der Waals surface area contributed by atoms with E-state index in [1.807, 2.05) is 37.0 Å². The molecule has 0 aliphatic carbocycles. The second kappa shape index (κ2) is 6.79. The van der Waals surface area contributed by atoms with Crippen molar-refractivity contribution in [1.82, 2.24) is 24.6 Å². The van der Waals surface area contributed by atoms with Crippen LogP contribution in [-0.2, 0) is 11.3 Å². The molecule has 0 aliphatic rings. The first-order chi connectivity index (χ1) is 9.68. The molecule has 0 fully saturated rings.